The summed E-state index contributed by atoms with van der Waals surface area (Å²) in [7, 11) is -5.75. The van der Waals surface area contributed by atoms with Gasteiger partial charge in [-0.3, -0.25) is 23.4 Å². The van der Waals surface area contributed by atoms with Crippen LogP contribution in [0.4, 0.5) is 13.2 Å². The predicted molar refractivity (Wildman–Crippen MR) is 129 cm³/mol. The lowest BCUT2D eigenvalue weighted by atomic mass is 9.95. The first-order chi connectivity index (χ1) is 18.8. The fraction of sp³-hybridized carbons (Fsp3) is 0.667. The lowest BCUT2D eigenvalue weighted by molar-refractivity contribution is -0.287. The molecule has 2 fully saturated rings. The summed E-state index contributed by atoms with van der Waals surface area (Å²) in [5, 5.41) is 48.8. The molecule has 2 aliphatic rings. The van der Waals surface area contributed by atoms with Crippen molar-refractivity contribution >= 4 is 26.9 Å². The summed E-state index contributed by atoms with van der Waals surface area (Å²) < 4.78 is 93.0. The van der Waals surface area contributed by atoms with E-state index in [9.17, 15) is 48.4 Å². The highest BCUT2D eigenvalue weighted by Crippen LogP contribution is 2.67. The van der Waals surface area contributed by atoms with E-state index in [0.29, 0.717) is 16.8 Å². The summed E-state index contributed by atoms with van der Waals surface area (Å²) in [5.41, 5.74) is -5.46. The van der Waals surface area contributed by atoms with Crippen LogP contribution in [0.15, 0.2) is 34.5 Å². The normalized spacial score (nSPS) is 39.5. The Balaban J connectivity index is 1.74. The van der Waals surface area contributed by atoms with Gasteiger partial charge in [0, 0.05) is 12.3 Å². The van der Waals surface area contributed by atoms with Crippen molar-refractivity contribution in [3.63, 3.8) is 0 Å². The fourth-order valence-electron chi connectivity index (χ4n) is 3.85. The molecule has 0 bridgehead atoms. The van der Waals surface area contributed by atoms with Crippen LogP contribution in [0, 0.1) is 0 Å². The Bertz CT molecular complexity index is 1340. The summed E-state index contributed by atoms with van der Waals surface area (Å²) in [6, 6.07) is 0.746. The van der Waals surface area contributed by atoms with Gasteiger partial charge in [0.1, 0.15) is 31.0 Å². The van der Waals surface area contributed by atoms with Crippen molar-refractivity contribution in [1.29, 1.82) is 0 Å². The number of aromatic amines is 1. The van der Waals surface area contributed by atoms with Crippen LogP contribution in [0.1, 0.15) is 6.23 Å². The molecule has 7 unspecified atom stereocenters. The largest absolute Gasteiger partial charge is 0.482 e. The minimum absolute atomic E-state index is 0.354. The number of halogens is 3. The molecule has 3 rings (SSSR count). The van der Waals surface area contributed by atoms with Crippen LogP contribution in [0.2, 0.25) is 0 Å². The molecule has 3 heterocycles. The first kappa shape index (κ1) is 34.1. The average Bonchev–Trinajstić information content (AvgIpc) is 3.08. The molecule has 0 saturated carbocycles. The third-order valence-corrected chi connectivity index (χ3v) is 9.52. The minimum atomic E-state index is -5.75. The molecule has 234 valence electrons. The molecule has 23 heteroatoms. The number of rotatable bonds is 11. The fourth-order valence-corrected chi connectivity index (χ4v) is 7.02. The van der Waals surface area contributed by atoms with Gasteiger partial charge in [0.05, 0.1) is 6.61 Å². The second kappa shape index (κ2) is 12.3. The lowest BCUT2D eigenvalue weighted by Gasteiger charge is -2.41. The van der Waals surface area contributed by atoms with Gasteiger partial charge in [-0.2, -0.15) is 4.31 Å². The lowest BCUT2D eigenvalue weighted by Crippen LogP contribution is -2.60. The zero-order valence-corrected chi connectivity index (χ0v) is 22.9. The summed E-state index contributed by atoms with van der Waals surface area (Å²) >= 11 is 3.34. The smallest absolute Gasteiger partial charge is 0.393 e. The highest BCUT2D eigenvalue weighted by atomic mass is 32.7. The average molecular weight is 660 g/mol. The molecule has 0 spiro atoms. The van der Waals surface area contributed by atoms with Gasteiger partial charge in [0.15, 0.2) is 24.8 Å². The Labute approximate surface area is 232 Å². The van der Waals surface area contributed by atoms with Crippen molar-refractivity contribution in [3.8, 4) is 0 Å². The SMILES string of the molecule is C=C[C@]1(F)[C@H](n2ccc(=O)[nH]c2=O)O[C@](F)(COP(=O)(S)OP(=O)(O)OC2OC([C@@H](F)CO)C(O)C(O)C2O)[C@H]1O. The maximum absolute atomic E-state index is 15.5. The molecule has 0 amide bonds. The van der Waals surface area contributed by atoms with Gasteiger partial charge in [-0.15, -0.1) is 0 Å². The number of thiol groups is 1. The van der Waals surface area contributed by atoms with E-state index < -0.39 is 99.8 Å². The van der Waals surface area contributed by atoms with E-state index in [1.165, 1.54) is 0 Å². The van der Waals surface area contributed by atoms with Crippen molar-refractivity contribution in [2.75, 3.05) is 13.2 Å². The van der Waals surface area contributed by atoms with Crippen molar-refractivity contribution in [1.82, 2.24) is 9.55 Å². The molecule has 1 aromatic rings. The first-order valence-corrected chi connectivity index (χ1v) is 15.3. The Hall–Kier alpha value is -1.42. The molecule has 41 heavy (non-hydrogen) atoms. The number of phosphoric acid groups is 1. The second-order valence-corrected chi connectivity index (χ2v) is 13.2. The van der Waals surface area contributed by atoms with E-state index in [1.54, 1.807) is 4.98 Å². The van der Waals surface area contributed by atoms with Crippen LogP contribution in [-0.4, -0.2) is 108 Å². The topological polar surface area (TPSA) is 257 Å². The minimum Gasteiger partial charge on any atom is -0.393 e. The van der Waals surface area contributed by atoms with E-state index in [2.05, 4.69) is 32.2 Å². The molecule has 1 aromatic heterocycles. The number of nitrogens with one attached hydrogen (secondary N) is 1. The second-order valence-electron chi connectivity index (χ2n) is 8.74. The van der Waals surface area contributed by atoms with Gasteiger partial charge in [-0.25, -0.2) is 27.1 Å². The van der Waals surface area contributed by atoms with E-state index >= 15 is 8.78 Å². The number of hydrogen-bond donors (Lipinski definition) is 8. The van der Waals surface area contributed by atoms with Gasteiger partial charge >= 0.3 is 20.3 Å². The van der Waals surface area contributed by atoms with E-state index in [-0.39, 0.29) is 0 Å². The number of phosphoric ester groups is 1. The number of H-pyrrole nitrogens is 1. The number of aliphatic hydroxyl groups excluding tert-OH is 5. The Morgan fingerprint density at radius 3 is 2.41 bits per heavy atom. The zero-order valence-electron chi connectivity index (χ0n) is 20.3. The maximum Gasteiger partial charge on any atom is 0.482 e. The standard InChI is InChI=1S/C18H25F3N2O15P2S/c1-2-17(20)14(29)18(21,36-15(17)23-4-3-8(25)22-16(23)30)6-34-40(33,41)38-39(31,32)37-13-11(28)9(26)10(27)12(35-13)7(19)5-24/h2-4,7,9-15,24,26-29H,1,5-6H2,(H,31,32)(H,33,41)(H,22,25,30)/t7-,9?,10?,11?,12?,13?,14-,15+,17+,18+,40?/m0/s1. The number of hydrogen-bond acceptors (Lipinski definition) is 14. The molecule has 0 aromatic carbocycles. The van der Waals surface area contributed by atoms with Gasteiger partial charge < -0.3 is 39.9 Å². The van der Waals surface area contributed by atoms with Crippen LogP contribution in [0.5, 0.6) is 0 Å². The van der Waals surface area contributed by atoms with Crippen molar-refractivity contribution in [3.05, 3.63) is 45.8 Å². The molecule has 0 radical (unpaired) electrons. The number of nitrogens with zero attached hydrogens (tertiary/aromatic N) is 1. The Kier molecular flexibility index (Phi) is 10.2. The molecular weight excluding hydrogens is 635 g/mol. The number of alkyl halides is 3. The summed E-state index contributed by atoms with van der Waals surface area (Å²) in [6.45, 7) is -5.12. The van der Waals surface area contributed by atoms with Gasteiger partial charge in [-0.1, -0.05) is 18.8 Å². The van der Waals surface area contributed by atoms with Crippen LogP contribution in [0.25, 0.3) is 0 Å². The third-order valence-electron chi connectivity index (χ3n) is 5.94. The van der Waals surface area contributed by atoms with E-state index in [4.69, 9.17) is 14.6 Å². The predicted octanol–water partition coefficient (Wildman–Crippen LogP) is -1.69. The highest BCUT2D eigenvalue weighted by Gasteiger charge is 2.66. The molecule has 2 saturated heterocycles. The summed E-state index contributed by atoms with van der Waals surface area (Å²) in [4.78, 5) is 35.1. The number of aliphatic hydroxyl groups is 5. The maximum atomic E-state index is 15.5. The van der Waals surface area contributed by atoms with E-state index in [0.717, 1.165) is 6.07 Å². The Morgan fingerprint density at radius 1 is 1.22 bits per heavy atom. The van der Waals surface area contributed by atoms with Crippen LogP contribution < -0.4 is 11.2 Å². The van der Waals surface area contributed by atoms with Crippen molar-refractivity contribution in [2.24, 2.45) is 0 Å². The van der Waals surface area contributed by atoms with E-state index in [1.807, 2.05) is 0 Å². The molecule has 12 atom stereocenters. The number of ether oxygens (including phenoxy) is 2. The first-order valence-electron chi connectivity index (χ1n) is 11.1. The van der Waals surface area contributed by atoms with Crippen LogP contribution >= 0.6 is 26.9 Å². The van der Waals surface area contributed by atoms with Crippen molar-refractivity contribution < 1.29 is 75.6 Å². The molecule has 0 aliphatic carbocycles. The monoisotopic (exact) mass is 660 g/mol. The third kappa shape index (κ3) is 7.05. The molecule has 17 nitrogen and oxygen atoms in total. The molecule has 7 N–H and O–H groups in total. The summed E-state index contributed by atoms with van der Waals surface area (Å²) in [6.07, 6.45) is -17.6. The van der Waals surface area contributed by atoms with Gasteiger partial charge in [0.25, 0.3) is 11.4 Å². The number of aromatic nitrogens is 2. The van der Waals surface area contributed by atoms with Crippen molar-refractivity contribution in [2.45, 2.75) is 60.7 Å². The van der Waals surface area contributed by atoms with Gasteiger partial charge in [0.2, 0.25) is 5.67 Å². The summed E-state index contributed by atoms with van der Waals surface area (Å²) in [5.74, 6) is -3.66. The molecular formula is C18H25F3N2O15P2S. The van der Waals surface area contributed by atoms with Crippen LogP contribution in [0.3, 0.4) is 0 Å². The highest BCUT2D eigenvalue weighted by molar-refractivity contribution is 8.45. The Morgan fingerprint density at radius 2 is 1.85 bits per heavy atom. The quantitative estimate of drug-likeness (QED) is 0.0749. The molecule has 2 aliphatic heterocycles. The van der Waals surface area contributed by atoms with Gasteiger partial charge in [-0.05, 0) is 6.08 Å². The zero-order chi connectivity index (χ0) is 31.1. The van der Waals surface area contributed by atoms with Crippen LogP contribution in [-0.2, 0) is 32.0 Å².